The summed E-state index contributed by atoms with van der Waals surface area (Å²) in [7, 11) is -3.54. The van der Waals surface area contributed by atoms with Gasteiger partial charge in [0.05, 0.1) is 10.5 Å². The highest BCUT2D eigenvalue weighted by Crippen LogP contribution is 2.38. The summed E-state index contributed by atoms with van der Waals surface area (Å²) < 4.78 is 31.0. The number of hydrogen-bond acceptors (Lipinski definition) is 4. The van der Waals surface area contributed by atoms with Crippen LogP contribution in [-0.4, -0.2) is 30.4 Å². The number of thiophene rings is 1. The molecule has 2 aliphatic rings. The third kappa shape index (κ3) is 3.15. The molecule has 2 bridgehead atoms. The van der Waals surface area contributed by atoms with Crippen molar-refractivity contribution < 1.29 is 8.42 Å². The lowest BCUT2D eigenvalue weighted by Gasteiger charge is -2.42. The van der Waals surface area contributed by atoms with Gasteiger partial charge in [-0.05, 0) is 54.1 Å². The highest BCUT2D eigenvalue weighted by molar-refractivity contribution is 7.89. The van der Waals surface area contributed by atoms with Crippen LogP contribution < -0.4 is 5.56 Å². The van der Waals surface area contributed by atoms with E-state index in [1.165, 1.54) is 4.70 Å². The highest BCUT2D eigenvalue weighted by Gasteiger charge is 2.39. The molecule has 1 saturated heterocycles. The van der Waals surface area contributed by atoms with Gasteiger partial charge in [-0.15, -0.1) is 11.3 Å². The maximum Gasteiger partial charge on any atom is 0.259 e. The van der Waals surface area contributed by atoms with Gasteiger partial charge in [-0.1, -0.05) is 36.4 Å². The van der Waals surface area contributed by atoms with Gasteiger partial charge in [-0.25, -0.2) is 8.42 Å². The topological polar surface area (TPSA) is 59.4 Å². The molecule has 2 atom stereocenters. The average Bonchev–Trinajstić information content (AvgIpc) is 3.24. The Hall–Kier alpha value is -2.74. The van der Waals surface area contributed by atoms with E-state index in [-0.39, 0.29) is 17.4 Å². The first kappa shape index (κ1) is 19.9. The second-order valence-electron chi connectivity index (χ2n) is 8.67. The number of benzene rings is 2. The highest BCUT2D eigenvalue weighted by atomic mass is 32.2. The molecule has 4 aromatic rings. The molecule has 0 spiro atoms. The Morgan fingerprint density at radius 2 is 1.66 bits per heavy atom. The number of hydrogen-bond donors (Lipinski definition) is 0. The Bertz CT molecular complexity index is 1460. The molecule has 32 heavy (non-hydrogen) atoms. The fourth-order valence-electron chi connectivity index (χ4n) is 5.14. The molecule has 2 aromatic carbocycles. The van der Waals surface area contributed by atoms with Crippen LogP contribution in [0, 0.1) is 5.92 Å². The van der Waals surface area contributed by atoms with Gasteiger partial charge in [0.2, 0.25) is 10.0 Å². The zero-order valence-electron chi connectivity index (χ0n) is 17.3. The minimum atomic E-state index is -3.54. The molecule has 0 saturated carbocycles. The lowest BCUT2D eigenvalue weighted by molar-refractivity contribution is 0.186. The van der Waals surface area contributed by atoms with E-state index in [1.807, 2.05) is 34.9 Å². The Kier molecular flexibility index (Phi) is 4.61. The molecule has 1 fully saturated rings. The Balaban J connectivity index is 1.37. The minimum absolute atomic E-state index is 0.0307. The molecule has 2 aliphatic heterocycles. The lowest BCUT2D eigenvalue weighted by atomic mass is 9.84. The molecule has 0 radical (unpaired) electrons. The van der Waals surface area contributed by atoms with Crippen LogP contribution in [0.2, 0.25) is 0 Å². The van der Waals surface area contributed by atoms with Crippen LogP contribution in [0.4, 0.5) is 0 Å². The average molecular weight is 463 g/mol. The van der Waals surface area contributed by atoms with E-state index in [0.717, 1.165) is 27.9 Å². The second-order valence-corrected chi connectivity index (χ2v) is 11.7. The number of nitrogens with zero attached hydrogens (tertiary/aromatic N) is 2. The standard InChI is InChI=1S/C25H22N2O3S2/c28-25-21(24-13-18-6-4-5-9-23(18)31-24)10-11-22-19-12-17(15-27(22)25)14-26(16-19)32(29,30)20-7-2-1-3-8-20/h1-11,13,17,19H,12,14-16H2/t17-,19+/m0/s1. The van der Waals surface area contributed by atoms with Gasteiger partial charge < -0.3 is 4.57 Å². The van der Waals surface area contributed by atoms with E-state index in [4.69, 9.17) is 0 Å². The number of fused-ring (bicyclic) bond motifs is 5. The van der Waals surface area contributed by atoms with E-state index in [1.54, 1.807) is 39.9 Å². The van der Waals surface area contributed by atoms with Crippen LogP contribution in [0.3, 0.4) is 0 Å². The number of pyridine rings is 1. The third-order valence-corrected chi connectivity index (χ3v) is 9.64. The summed E-state index contributed by atoms with van der Waals surface area (Å²) in [4.78, 5) is 14.8. The summed E-state index contributed by atoms with van der Waals surface area (Å²) >= 11 is 1.64. The van der Waals surface area contributed by atoms with Crippen molar-refractivity contribution in [3.63, 3.8) is 0 Å². The normalized spacial score (nSPS) is 20.9. The zero-order chi connectivity index (χ0) is 21.9. The van der Waals surface area contributed by atoms with Crippen LogP contribution in [0.15, 0.2) is 82.5 Å². The SMILES string of the molecule is O=c1c(-c2cc3ccccc3s2)ccc2n1C[C@H]1C[C@@H]2CN(S(=O)(=O)c2ccccc2)C1. The fourth-order valence-corrected chi connectivity index (χ4v) is 7.80. The van der Waals surface area contributed by atoms with Crippen LogP contribution in [0.1, 0.15) is 18.0 Å². The second kappa shape index (κ2) is 7.40. The van der Waals surface area contributed by atoms with Crippen LogP contribution in [0.5, 0.6) is 0 Å². The first-order valence-corrected chi connectivity index (χ1v) is 13.0. The first-order chi connectivity index (χ1) is 15.5. The Morgan fingerprint density at radius 1 is 0.875 bits per heavy atom. The van der Waals surface area contributed by atoms with Crippen molar-refractivity contribution >= 4 is 31.4 Å². The van der Waals surface area contributed by atoms with Gasteiger partial charge in [-0.2, -0.15) is 4.31 Å². The minimum Gasteiger partial charge on any atom is -0.311 e. The predicted octanol–water partition coefficient (Wildman–Crippen LogP) is 4.54. The summed E-state index contributed by atoms with van der Waals surface area (Å²) in [6, 6.07) is 22.8. The van der Waals surface area contributed by atoms with Crippen molar-refractivity contribution in [1.29, 1.82) is 0 Å². The summed E-state index contributed by atoms with van der Waals surface area (Å²) in [5, 5.41) is 1.15. The van der Waals surface area contributed by atoms with Crippen LogP contribution >= 0.6 is 11.3 Å². The molecule has 0 amide bonds. The van der Waals surface area contributed by atoms with Gasteiger partial charge in [0.25, 0.3) is 5.56 Å². The van der Waals surface area contributed by atoms with E-state index >= 15 is 0 Å². The van der Waals surface area contributed by atoms with Gasteiger partial charge in [0, 0.05) is 40.8 Å². The summed E-state index contributed by atoms with van der Waals surface area (Å²) in [6.07, 6.45) is 0.919. The maximum atomic E-state index is 13.5. The summed E-state index contributed by atoms with van der Waals surface area (Å²) in [5.74, 6) is 0.167. The van der Waals surface area contributed by atoms with E-state index in [0.29, 0.717) is 24.5 Å². The van der Waals surface area contributed by atoms with E-state index < -0.39 is 10.0 Å². The first-order valence-electron chi connectivity index (χ1n) is 10.8. The summed E-state index contributed by atoms with van der Waals surface area (Å²) in [6.45, 7) is 1.42. The van der Waals surface area contributed by atoms with Crippen LogP contribution in [0.25, 0.3) is 20.5 Å². The van der Waals surface area contributed by atoms with E-state index in [2.05, 4.69) is 18.2 Å². The number of aromatic nitrogens is 1. The fraction of sp³-hybridized carbons (Fsp3) is 0.240. The molecule has 0 unspecified atom stereocenters. The monoisotopic (exact) mass is 462 g/mol. The molecule has 0 aliphatic carbocycles. The number of rotatable bonds is 3. The lowest BCUT2D eigenvalue weighted by Crippen LogP contribution is -2.49. The van der Waals surface area contributed by atoms with Gasteiger partial charge in [-0.3, -0.25) is 4.79 Å². The van der Waals surface area contributed by atoms with Crippen molar-refractivity contribution in [2.24, 2.45) is 5.92 Å². The van der Waals surface area contributed by atoms with Gasteiger partial charge in [0.15, 0.2) is 0 Å². The molecule has 6 rings (SSSR count). The molecule has 4 heterocycles. The molecule has 162 valence electrons. The number of sulfonamides is 1. The quantitative estimate of drug-likeness (QED) is 0.449. The van der Waals surface area contributed by atoms with Crippen molar-refractivity contribution in [2.75, 3.05) is 13.1 Å². The van der Waals surface area contributed by atoms with E-state index in [9.17, 15) is 13.2 Å². The smallest absolute Gasteiger partial charge is 0.259 e. The molecule has 2 aromatic heterocycles. The summed E-state index contributed by atoms with van der Waals surface area (Å²) in [5.41, 5.74) is 1.70. The van der Waals surface area contributed by atoms with Crippen molar-refractivity contribution in [3.05, 3.63) is 88.8 Å². The van der Waals surface area contributed by atoms with Gasteiger partial charge in [0.1, 0.15) is 0 Å². The molecule has 7 heteroatoms. The third-order valence-electron chi connectivity index (χ3n) is 6.64. The maximum absolute atomic E-state index is 13.5. The largest absolute Gasteiger partial charge is 0.311 e. The molecular weight excluding hydrogens is 440 g/mol. The van der Waals surface area contributed by atoms with Crippen LogP contribution in [-0.2, 0) is 16.6 Å². The zero-order valence-corrected chi connectivity index (χ0v) is 19.0. The number of piperidine rings is 1. The predicted molar refractivity (Wildman–Crippen MR) is 128 cm³/mol. The molecular formula is C25H22N2O3S2. The Labute approximate surface area is 190 Å². The molecule has 5 nitrogen and oxygen atoms in total. The van der Waals surface area contributed by atoms with Crippen molar-refractivity contribution in [3.8, 4) is 10.4 Å². The van der Waals surface area contributed by atoms with Crippen molar-refractivity contribution in [2.45, 2.75) is 23.8 Å². The Morgan fingerprint density at radius 3 is 2.47 bits per heavy atom. The molecule has 0 N–H and O–H groups in total. The van der Waals surface area contributed by atoms with Gasteiger partial charge >= 0.3 is 0 Å². The van der Waals surface area contributed by atoms with Crippen molar-refractivity contribution in [1.82, 2.24) is 8.87 Å².